The predicted molar refractivity (Wildman–Crippen MR) is 98.3 cm³/mol. The Bertz CT molecular complexity index is 726. The first-order chi connectivity index (χ1) is 11.9. The number of hydrogen-bond donors (Lipinski definition) is 1. The molecule has 1 aromatic carbocycles. The molecule has 0 bridgehead atoms. The van der Waals surface area contributed by atoms with Gasteiger partial charge in [0.1, 0.15) is 6.17 Å². The summed E-state index contributed by atoms with van der Waals surface area (Å²) in [6.07, 6.45) is 9.65. The average Bonchev–Trinajstić information content (AvgIpc) is 2.81. The molecule has 2 aliphatic heterocycles. The molecular formula is C20H24N4. The number of nitrogens with zero attached hydrogens (tertiary/aromatic N) is 3. The molecule has 3 aliphatic rings. The summed E-state index contributed by atoms with van der Waals surface area (Å²) < 4.78 is 0. The molecule has 0 amide bonds. The van der Waals surface area contributed by atoms with Gasteiger partial charge in [-0.2, -0.15) is 0 Å². The monoisotopic (exact) mass is 320 g/mol. The Morgan fingerprint density at radius 3 is 2.75 bits per heavy atom. The highest BCUT2D eigenvalue weighted by Crippen LogP contribution is 2.39. The van der Waals surface area contributed by atoms with Gasteiger partial charge in [0.15, 0.2) is 0 Å². The fourth-order valence-corrected chi connectivity index (χ4v) is 4.30. The molecule has 4 heteroatoms. The second kappa shape index (κ2) is 5.78. The number of rotatable bonds is 2. The molecule has 0 radical (unpaired) electrons. The van der Waals surface area contributed by atoms with E-state index in [2.05, 4.69) is 44.4 Å². The third-order valence-corrected chi connectivity index (χ3v) is 5.91. The van der Waals surface area contributed by atoms with Crippen LogP contribution in [0.5, 0.6) is 0 Å². The molecule has 2 fully saturated rings. The number of nitrogens with one attached hydrogen (secondary N) is 1. The molecule has 2 aromatic rings. The van der Waals surface area contributed by atoms with E-state index in [1.54, 1.807) is 0 Å². The summed E-state index contributed by atoms with van der Waals surface area (Å²) in [5.74, 6) is 0. The largest absolute Gasteiger partial charge is 0.363 e. The van der Waals surface area contributed by atoms with Crippen molar-refractivity contribution in [2.45, 2.75) is 37.9 Å². The van der Waals surface area contributed by atoms with Gasteiger partial charge in [-0.1, -0.05) is 18.6 Å². The van der Waals surface area contributed by atoms with Crippen molar-refractivity contribution < 1.29 is 0 Å². The molecule has 124 valence electrons. The van der Waals surface area contributed by atoms with Crippen LogP contribution in [0.4, 0.5) is 11.4 Å². The Labute approximate surface area is 143 Å². The Balaban J connectivity index is 1.38. The molecular weight excluding hydrogens is 296 g/mol. The van der Waals surface area contributed by atoms with Crippen molar-refractivity contribution in [3.05, 3.63) is 42.7 Å². The van der Waals surface area contributed by atoms with Gasteiger partial charge in [-0.25, -0.2) is 0 Å². The number of pyridine rings is 1. The van der Waals surface area contributed by atoms with Crippen molar-refractivity contribution in [1.82, 2.24) is 9.88 Å². The number of anilines is 2. The lowest BCUT2D eigenvalue weighted by atomic mass is 9.91. The van der Waals surface area contributed by atoms with Crippen molar-refractivity contribution in [1.29, 1.82) is 0 Å². The fraction of sp³-hybridized carbons (Fsp3) is 0.450. The van der Waals surface area contributed by atoms with E-state index < -0.39 is 0 Å². The summed E-state index contributed by atoms with van der Waals surface area (Å²) in [4.78, 5) is 9.53. The molecule has 0 spiro atoms. The summed E-state index contributed by atoms with van der Waals surface area (Å²) in [5.41, 5.74) is 5.06. The summed E-state index contributed by atoms with van der Waals surface area (Å²) in [5, 5.41) is 3.76. The smallest absolute Gasteiger partial charge is 0.100 e. The van der Waals surface area contributed by atoms with Gasteiger partial charge < -0.3 is 10.2 Å². The van der Waals surface area contributed by atoms with Crippen LogP contribution in [-0.4, -0.2) is 41.7 Å². The Morgan fingerprint density at radius 2 is 1.96 bits per heavy atom. The molecule has 1 saturated heterocycles. The molecule has 5 rings (SSSR count). The summed E-state index contributed by atoms with van der Waals surface area (Å²) in [6, 6.07) is 11.8. The van der Waals surface area contributed by atoms with E-state index >= 15 is 0 Å². The molecule has 1 aromatic heterocycles. The van der Waals surface area contributed by atoms with Gasteiger partial charge in [0.05, 0.1) is 11.4 Å². The van der Waals surface area contributed by atoms with E-state index in [0.29, 0.717) is 6.17 Å². The lowest BCUT2D eigenvalue weighted by Crippen LogP contribution is -2.42. The Morgan fingerprint density at radius 1 is 1.00 bits per heavy atom. The summed E-state index contributed by atoms with van der Waals surface area (Å²) in [6.45, 7) is 3.56. The first kappa shape index (κ1) is 14.3. The topological polar surface area (TPSA) is 31.4 Å². The predicted octanol–water partition coefficient (Wildman–Crippen LogP) is 3.56. The summed E-state index contributed by atoms with van der Waals surface area (Å²) >= 11 is 0. The van der Waals surface area contributed by atoms with Crippen molar-refractivity contribution >= 4 is 11.4 Å². The van der Waals surface area contributed by atoms with E-state index in [-0.39, 0.29) is 0 Å². The molecule has 24 heavy (non-hydrogen) atoms. The van der Waals surface area contributed by atoms with Crippen LogP contribution in [0.1, 0.15) is 25.7 Å². The van der Waals surface area contributed by atoms with Crippen molar-refractivity contribution in [2.75, 3.05) is 29.9 Å². The third kappa shape index (κ3) is 2.37. The molecule has 3 heterocycles. The van der Waals surface area contributed by atoms with E-state index in [1.165, 1.54) is 61.3 Å². The third-order valence-electron chi connectivity index (χ3n) is 5.91. The lowest BCUT2D eigenvalue weighted by molar-refractivity contribution is 0.135. The second-order valence-corrected chi connectivity index (χ2v) is 7.24. The van der Waals surface area contributed by atoms with Crippen LogP contribution in [0, 0.1) is 0 Å². The minimum atomic E-state index is 0.453. The van der Waals surface area contributed by atoms with Gasteiger partial charge in [0.25, 0.3) is 0 Å². The van der Waals surface area contributed by atoms with Gasteiger partial charge in [-0.05, 0) is 43.0 Å². The van der Waals surface area contributed by atoms with Crippen LogP contribution >= 0.6 is 0 Å². The molecule has 1 aliphatic carbocycles. The second-order valence-electron chi connectivity index (χ2n) is 7.24. The van der Waals surface area contributed by atoms with E-state index in [9.17, 15) is 0 Å². The van der Waals surface area contributed by atoms with Crippen LogP contribution in [0.2, 0.25) is 0 Å². The minimum absolute atomic E-state index is 0.453. The van der Waals surface area contributed by atoms with Gasteiger partial charge in [-0.3, -0.25) is 9.88 Å². The van der Waals surface area contributed by atoms with Gasteiger partial charge in [0.2, 0.25) is 0 Å². The number of hydrogen-bond acceptors (Lipinski definition) is 4. The first-order valence-corrected chi connectivity index (χ1v) is 9.20. The zero-order valence-corrected chi connectivity index (χ0v) is 14.0. The lowest BCUT2D eigenvalue weighted by Gasteiger charge is -2.36. The maximum atomic E-state index is 4.24. The highest BCUT2D eigenvalue weighted by atomic mass is 15.4. The number of benzene rings is 1. The zero-order chi connectivity index (χ0) is 15.9. The van der Waals surface area contributed by atoms with Gasteiger partial charge in [-0.15, -0.1) is 0 Å². The molecule has 4 nitrogen and oxygen atoms in total. The summed E-state index contributed by atoms with van der Waals surface area (Å²) in [7, 11) is 0. The van der Waals surface area contributed by atoms with Crippen molar-refractivity contribution in [3.63, 3.8) is 0 Å². The minimum Gasteiger partial charge on any atom is -0.363 e. The molecule has 1 saturated carbocycles. The van der Waals surface area contributed by atoms with E-state index in [4.69, 9.17) is 0 Å². The van der Waals surface area contributed by atoms with Crippen LogP contribution in [0.15, 0.2) is 42.7 Å². The zero-order valence-electron chi connectivity index (χ0n) is 14.0. The van der Waals surface area contributed by atoms with Crippen LogP contribution in [0.3, 0.4) is 0 Å². The van der Waals surface area contributed by atoms with Gasteiger partial charge in [0, 0.05) is 43.6 Å². The SMILES string of the molecule is c1cncc(-c2ccc3c(c2)NC2CCN(C4CCC4)CCN32)c1. The first-order valence-electron chi connectivity index (χ1n) is 9.20. The highest BCUT2D eigenvalue weighted by Gasteiger charge is 2.34. The maximum absolute atomic E-state index is 4.24. The molecule has 1 N–H and O–H groups in total. The highest BCUT2D eigenvalue weighted by molar-refractivity contribution is 5.81. The molecule has 1 atom stereocenters. The standard InChI is InChI=1S/C20H24N4/c1-4-17(5-1)23-10-8-20-22-18-13-15(16-3-2-9-21-14-16)6-7-19(18)24(20)12-11-23/h2-3,6-7,9,13-14,17,20,22H,1,4-5,8,10-12H2. The Kier molecular flexibility index (Phi) is 3.44. The number of aromatic nitrogens is 1. The van der Waals surface area contributed by atoms with Gasteiger partial charge >= 0.3 is 0 Å². The van der Waals surface area contributed by atoms with Crippen molar-refractivity contribution in [3.8, 4) is 11.1 Å². The van der Waals surface area contributed by atoms with E-state index in [1.807, 2.05) is 18.5 Å². The molecule has 1 unspecified atom stereocenters. The average molecular weight is 320 g/mol. The maximum Gasteiger partial charge on any atom is 0.100 e. The van der Waals surface area contributed by atoms with E-state index in [0.717, 1.165) is 12.6 Å². The quantitative estimate of drug-likeness (QED) is 0.917. The number of fused-ring (bicyclic) bond motifs is 3. The van der Waals surface area contributed by atoms with Crippen LogP contribution in [0.25, 0.3) is 11.1 Å². The van der Waals surface area contributed by atoms with Crippen LogP contribution in [-0.2, 0) is 0 Å². The fourth-order valence-electron chi connectivity index (χ4n) is 4.30. The van der Waals surface area contributed by atoms with Crippen molar-refractivity contribution in [2.24, 2.45) is 0 Å². The Hall–Kier alpha value is -2.07. The normalized spacial score (nSPS) is 23.8. The van der Waals surface area contributed by atoms with Crippen LogP contribution < -0.4 is 10.2 Å².